The molecule has 2 aromatic rings. The van der Waals surface area contributed by atoms with E-state index >= 15 is 0 Å². The van der Waals surface area contributed by atoms with Crippen LogP contribution < -0.4 is 0 Å². The minimum absolute atomic E-state index is 0.0108. The number of rotatable bonds is 4. The Labute approximate surface area is 98.1 Å². The molecule has 2 rings (SSSR count). The van der Waals surface area contributed by atoms with Crippen molar-refractivity contribution in [3.63, 3.8) is 0 Å². The lowest BCUT2D eigenvalue weighted by Crippen LogP contribution is -2.07. The van der Waals surface area contributed by atoms with E-state index in [9.17, 15) is 4.79 Å². The van der Waals surface area contributed by atoms with Gasteiger partial charge >= 0.3 is 0 Å². The molecule has 0 saturated heterocycles. The molecule has 0 aliphatic rings. The van der Waals surface area contributed by atoms with Gasteiger partial charge in [-0.2, -0.15) is 4.98 Å². The lowest BCUT2D eigenvalue weighted by molar-refractivity contribution is -0.119. The average Bonchev–Trinajstić information content (AvgIpc) is 2.80. The molecule has 0 amide bonds. The third-order valence-electron chi connectivity index (χ3n) is 2.40. The molecule has 0 saturated carbocycles. The van der Waals surface area contributed by atoms with E-state index in [2.05, 4.69) is 20.1 Å². The molecule has 0 aromatic carbocycles. The second kappa shape index (κ2) is 4.82. The maximum absolute atomic E-state index is 11.4. The first kappa shape index (κ1) is 11.4. The highest BCUT2D eigenvalue weighted by atomic mass is 16.5. The monoisotopic (exact) mass is 232 g/mol. The second-order valence-electron chi connectivity index (χ2n) is 3.60. The van der Waals surface area contributed by atoms with Crippen molar-refractivity contribution >= 4 is 5.78 Å². The van der Waals surface area contributed by atoms with Gasteiger partial charge in [0.1, 0.15) is 5.78 Å². The van der Waals surface area contributed by atoms with Crippen LogP contribution in [0.2, 0.25) is 0 Å². The first-order valence-corrected chi connectivity index (χ1v) is 5.33. The zero-order valence-electron chi connectivity index (χ0n) is 9.62. The molecule has 0 radical (unpaired) electrons. The molecule has 6 nitrogen and oxygen atoms in total. The Morgan fingerprint density at radius 3 is 2.65 bits per heavy atom. The summed E-state index contributed by atoms with van der Waals surface area (Å²) in [5.41, 5.74) is 0. The van der Waals surface area contributed by atoms with Crippen LogP contribution in [0.25, 0.3) is 11.6 Å². The summed E-state index contributed by atoms with van der Waals surface area (Å²) in [6, 6.07) is 1.70. The number of hydrogen-bond donors (Lipinski definition) is 0. The van der Waals surface area contributed by atoms with E-state index in [1.807, 2.05) is 6.92 Å². The molecule has 6 heteroatoms. The Balaban J connectivity index is 2.30. The highest BCUT2D eigenvalue weighted by Crippen LogP contribution is 2.20. The number of carbonyl (C=O) groups excluding carboxylic acids is 1. The molecule has 1 unspecified atom stereocenters. The fourth-order valence-corrected chi connectivity index (χ4v) is 1.52. The van der Waals surface area contributed by atoms with Crippen LogP contribution in [0.4, 0.5) is 0 Å². The molecule has 0 fully saturated rings. The predicted octanol–water partition coefficient (Wildman–Crippen LogP) is 1.61. The van der Waals surface area contributed by atoms with E-state index in [1.54, 1.807) is 18.5 Å². The van der Waals surface area contributed by atoms with Crippen molar-refractivity contribution in [2.75, 3.05) is 0 Å². The van der Waals surface area contributed by atoms with Crippen molar-refractivity contribution in [3.05, 3.63) is 24.4 Å². The van der Waals surface area contributed by atoms with Crippen LogP contribution in [0.1, 0.15) is 32.1 Å². The molecule has 2 aromatic heterocycles. The largest absolute Gasteiger partial charge is 0.338 e. The predicted molar refractivity (Wildman–Crippen MR) is 59.0 cm³/mol. The van der Waals surface area contributed by atoms with Gasteiger partial charge in [-0.25, -0.2) is 9.97 Å². The van der Waals surface area contributed by atoms with Crippen LogP contribution in [0.5, 0.6) is 0 Å². The standard InChI is InChI=1S/C11H12N4O2/c1-3-8(7(2)16)11-14-10(15-17-11)9-12-5-4-6-13-9/h4-6,8H,3H2,1-2H3. The Kier molecular flexibility index (Phi) is 3.22. The van der Waals surface area contributed by atoms with E-state index in [-0.39, 0.29) is 11.7 Å². The quantitative estimate of drug-likeness (QED) is 0.796. The molecule has 0 aliphatic heterocycles. The summed E-state index contributed by atoms with van der Waals surface area (Å²) in [6.07, 6.45) is 3.83. The Bertz CT molecular complexity index is 509. The first-order chi connectivity index (χ1) is 8.22. The van der Waals surface area contributed by atoms with Gasteiger partial charge in [0.25, 0.3) is 0 Å². The zero-order valence-corrected chi connectivity index (χ0v) is 9.62. The lowest BCUT2D eigenvalue weighted by atomic mass is 10.0. The Morgan fingerprint density at radius 1 is 1.35 bits per heavy atom. The van der Waals surface area contributed by atoms with Crippen LogP contribution in [-0.2, 0) is 4.79 Å². The third kappa shape index (κ3) is 2.35. The summed E-state index contributed by atoms with van der Waals surface area (Å²) in [5, 5.41) is 3.77. The molecule has 0 N–H and O–H groups in total. The number of hydrogen-bond acceptors (Lipinski definition) is 6. The van der Waals surface area contributed by atoms with Gasteiger partial charge in [0.15, 0.2) is 0 Å². The minimum Gasteiger partial charge on any atom is -0.338 e. The topological polar surface area (TPSA) is 81.8 Å². The molecule has 88 valence electrons. The fraction of sp³-hybridized carbons (Fsp3) is 0.364. The summed E-state index contributed by atoms with van der Waals surface area (Å²) < 4.78 is 5.07. The molecule has 0 spiro atoms. The summed E-state index contributed by atoms with van der Waals surface area (Å²) >= 11 is 0. The maximum atomic E-state index is 11.4. The van der Waals surface area contributed by atoms with Gasteiger partial charge in [0.2, 0.25) is 17.5 Å². The average molecular weight is 232 g/mol. The molecule has 2 heterocycles. The smallest absolute Gasteiger partial charge is 0.240 e. The van der Waals surface area contributed by atoms with E-state index in [0.29, 0.717) is 24.0 Å². The highest BCUT2D eigenvalue weighted by molar-refractivity contribution is 5.82. The van der Waals surface area contributed by atoms with Crippen molar-refractivity contribution in [1.29, 1.82) is 0 Å². The summed E-state index contributed by atoms with van der Waals surface area (Å²) in [7, 11) is 0. The summed E-state index contributed by atoms with van der Waals surface area (Å²) in [6.45, 7) is 3.41. The fourth-order valence-electron chi connectivity index (χ4n) is 1.52. The normalized spacial score (nSPS) is 12.4. The summed E-state index contributed by atoms with van der Waals surface area (Å²) in [4.78, 5) is 23.5. The minimum atomic E-state index is -0.347. The van der Waals surface area contributed by atoms with Gasteiger partial charge in [-0.3, -0.25) is 4.79 Å². The van der Waals surface area contributed by atoms with Crippen LogP contribution in [0, 0.1) is 0 Å². The van der Waals surface area contributed by atoms with Gasteiger partial charge in [-0.05, 0) is 19.4 Å². The molecule has 17 heavy (non-hydrogen) atoms. The van der Waals surface area contributed by atoms with Crippen LogP contribution in [0.15, 0.2) is 23.0 Å². The number of Topliss-reactive ketones (excluding diaryl/α,β-unsaturated/α-hetero) is 1. The van der Waals surface area contributed by atoms with E-state index < -0.39 is 0 Å². The molecule has 0 aliphatic carbocycles. The van der Waals surface area contributed by atoms with Gasteiger partial charge in [-0.1, -0.05) is 12.1 Å². The molecule has 0 bridgehead atoms. The Hall–Kier alpha value is -2.11. The van der Waals surface area contributed by atoms with Crippen LogP contribution >= 0.6 is 0 Å². The van der Waals surface area contributed by atoms with Crippen molar-refractivity contribution in [3.8, 4) is 11.6 Å². The van der Waals surface area contributed by atoms with Crippen LogP contribution in [0.3, 0.4) is 0 Å². The number of aromatic nitrogens is 4. The number of carbonyl (C=O) groups is 1. The maximum Gasteiger partial charge on any atom is 0.240 e. The van der Waals surface area contributed by atoms with Crippen molar-refractivity contribution in [1.82, 2.24) is 20.1 Å². The van der Waals surface area contributed by atoms with E-state index in [1.165, 1.54) is 6.92 Å². The third-order valence-corrected chi connectivity index (χ3v) is 2.40. The number of ketones is 1. The van der Waals surface area contributed by atoms with E-state index in [0.717, 1.165) is 0 Å². The zero-order chi connectivity index (χ0) is 12.3. The van der Waals surface area contributed by atoms with E-state index in [4.69, 9.17) is 4.52 Å². The van der Waals surface area contributed by atoms with Gasteiger partial charge in [0.05, 0.1) is 5.92 Å². The molecule has 1 atom stereocenters. The van der Waals surface area contributed by atoms with Gasteiger partial charge in [-0.15, -0.1) is 0 Å². The number of nitrogens with zero attached hydrogens (tertiary/aromatic N) is 4. The molecular formula is C11H12N4O2. The molecular weight excluding hydrogens is 220 g/mol. The highest BCUT2D eigenvalue weighted by Gasteiger charge is 2.22. The van der Waals surface area contributed by atoms with Crippen molar-refractivity contribution in [2.24, 2.45) is 0 Å². The van der Waals surface area contributed by atoms with Crippen LogP contribution in [-0.4, -0.2) is 25.9 Å². The van der Waals surface area contributed by atoms with Crippen molar-refractivity contribution < 1.29 is 9.32 Å². The first-order valence-electron chi connectivity index (χ1n) is 5.33. The van der Waals surface area contributed by atoms with Gasteiger partial charge in [0, 0.05) is 12.4 Å². The Morgan fingerprint density at radius 2 is 2.06 bits per heavy atom. The SMILES string of the molecule is CCC(C(C)=O)c1nc(-c2ncccn2)no1. The second-order valence-corrected chi connectivity index (χ2v) is 3.60. The van der Waals surface area contributed by atoms with Gasteiger partial charge < -0.3 is 4.52 Å². The summed E-state index contributed by atoms with van der Waals surface area (Å²) in [5.74, 6) is 0.681. The lowest BCUT2D eigenvalue weighted by Gasteiger charge is -2.03. The van der Waals surface area contributed by atoms with Crippen molar-refractivity contribution in [2.45, 2.75) is 26.2 Å².